The average Bonchev–Trinajstić information content (AvgIpc) is 2.53. The summed E-state index contributed by atoms with van der Waals surface area (Å²) >= 11 is -2.04. The van der Waals surface area contributed by atoms with Crippen LogP contribution in [0.5, 0.6) is 0 Å². The molecular weight excluding hydrogens is 298 g/mol. The van der Waals surface area contributed by atoms with E-state index in [-0.39, 0.29) is 0 Å². The summed E-state index contributed by atoms with van der Waals surface area (Å²) < 4.78 is 21.7. The lowest BCUT2D eigenvalue weighted by molar-refractivity contribution is 0.570. The minimum Gasteiger partial charge on any atom is -0.385 e. The second kappa shape index (κ2) is 8.17. The maximum atomic E-state index is 10.6. The fourth-order valence-corrected chi connectivity index (χ4v) is 2.37. The predicted octanol–water partition coefficient (Wildman–Crippen LogP) is 3.15. The third-order valence-corrected chi connectivity index (χ3v) is 3.55. The van der Waals surface area contributed by atoms with E-state index < -0.39 is 11.3 Å². The van der Waals surface area contributed by atoms with Crippen LogP contribution in [-0.2, 0) is 17.7 Å². The number of rotatable bonds is 7. The summed E-state index contributed by atoms with van der Waals surface area (Å²) in [5, 5.41) is 12.0. The third kappa shape index (κ3) is 5.20. The zero-order chi connectivity index (χ0) is 15.8. The summed E-state index contributed by atoms with van der Waals surface area (Å²) in [5.41, 5.74) is 3.46. The molecule has 0 amide bonds. The molecule has 2 aromatic rings. The van der Waals surface area contributed by atoms with E-state index in [1.807, 2.05) is 36.4 Å². The second-order valence-corrected chi connectivity index (χ2v) is 5.47. The quantitative estimate of drug-likeness (QED) is 0.541. The highest BCUT2D eigenvalue weighted by atomic mass is 32.2. The summed E-state index contributed by atoms with van der Waals surface area (Å²) in [6.45, 7) is 0.832. The van der Waals surface area contributed by atoms with Crippen LogP contribution >= 0.6 is 0 Å². The molecule has 0 radical (unpaired) electrons. The topological polar surface area (TPSA) is 85.2 Å². The Kier molecular flexibility index (Phi) is 5.95. The average molecular weight is 315 g/mol. The van der Waals surface area contributed by atoms with Gasteiger partial charge >= 0.3 is 0 Å². The fourth-order valence-electron chi connectivity index (χ4n) is 2.03. The van der Waals surface area contributed by atoms with Crippen molar-refractivity contribution in [2.45, 2.75) is 12.8 Å². The Hall–Kier alpha value is -2.36. The van der Waals surface area contributed by atoms with Crippen LogP contribution in [0, 0.1) is 11.3 Å². The van der Waals surface area contributed by atoms with Crippen molar-refractivity contribution in [3.63, 3.8) is 0 Å². The SMILES string of the molecule is N#Cc1ccc(CCCNc2ccc(NS(=O)O)cc2)cc1. The standard InChI is InChI=1S/C16H17N3O2S/c17-12-14-5-3-13(4-6-14)2-1-11-18-15-7-9-16(10-8-15)19-22(20)21/h3-10,18-19H,1-2,11H2,(H,20,21). The van der Waals surface area contributed by atoms with Gasteiger partial charge in [-0.05, 0) is 54.8 Å². The molecule has 0 aromatic heterocycles. The van der Waals surface area contributed by atoms with Gasteiger partial charge in [-0.3, -0.25) is 9.27 Å². The molecule has 0 bridgehead atoms. The molecular formula is C16H17N3O2S. The highest BCUT2D eigenvalue weighted by molar-refractivity contribution is 7.80. The van der Waals surface area contributed by atoms with Gasteiger partial charge in [-0.15, -0.1) is 0 Å². The van der Waals surface area contributed by atoms with Gasteiger partial charge in [-0.1, -0.05) is 12.1 Å². The molecule has 0 saturated heterocycles. The summed E-state index contributed by atoms with van der Waals surface area (Å²) in [6, 6.07) is 16.9. The molecule has 22 heavy (non-hydrogen) atoms. The lowest BCUT2D eigenvalue weighted by Crippen LogP contribution is -2.04. The third-order valence-electron chi connectivity index (χ3n) is 3.14. The Bertz CT molecular complexity index is 663. The Balaban J connectivity index is 1.74. The number of nitrogens with one attached hydrogen (secondary N) is 2. The van der Waals surface area contributed by atoms with Gasteiger partial charge in [0.25, 0.3) is 11.3 Å². The number of anilines is 2. The molecule has 114 valence electrons. The van der Waals surface area contributed by atoms with Crippen LogP contribution in [0.15, 0.2) is 48.5 Å². The number of benzene rings is 2. The maximum absolute atomic E-state index is 10.6. The Labute approximate surface area is 132 Å². The van der Waals surface area contributed by atoms with Crippen LogP contribution in [0.3, 0.4) is 0 Å². The lowest BCUT2D eigenvalue weighted by atomic mass is 10.1. The van der Waals surface area contributed by atoms with Gasteiger partial charge in [-0.2, -0.15) is 5.26 Å². The number of nitrogens with zero attached hydrogens (tertiary/aromatic N) is 1. The number of hydrogen-bond donors (Lipinski definition) is 3. The summed E-state index contributed by atoms with van der Waals surface area (Å²) in [7, 11) is 0. The molecule has 1 unspecified atom stereocenters. The van der Waals surface area contributed by atoms with Crippen LogP contribution in [0.1, 0.15) is 17.5 Å². The Morgan fingerprint density at radius 2 is 1.68 bits per heavy atom. The lowest BCUT2D eigenvalue weighted by Gasteiger charge is -2.08. The number of aryl methyl sites for hydroxylation is 1. The minimum absolute atomic E-state index is 0.601. The van der Waals surface area contributed by atoms with Crippen molar-refractivity contribution < 1.29 is 8.76 Å². The molecule has 5 nitrogen and oxygen atoms in total. The van der Waals surface area contributed by atoms with Crippen LogP contribution in [-0.4, -0.2) is 15.3 Å². The van der Waals surface area contributed by atoms with Crippen LogP contribution in [0.4, 0.5) is 11.4 Å². The summed E-state index contributed by atoms with van der Waals surface area (Å²) in [4.78, 5) is 0. The number of nitriles is 1. The van der Waals surface area contributed by atoms with E-state index in [2.05, 4.69) is 16.1 Å². The molecule has 6 heteroatoms. The summed E-state index contributed by atoms with van der Waals surface area (Å²) in [5.74, 6) is 0. The minimum atomic E-state index is -2.04. The van der Waals surface area contributed by atoms with Gasteiger partial charge < -0.3 is 5.32 Å². The Morgan fingerprint density at radius 3 is 2.27 bits per heavy atom. The zero-order valence-corrected chi connectivity index (χ0v) is 12.8. The van der Waals surface area contributed by atoms with Crippen LogP contribution < -0.4 is 10.0 Å². The first-order valence-electron chi connectivity index (χ1n) is 6.88. The van der Waals surface area contributed by atoms with Crippen molar-refractivity contribution in [1.29, 1.82) is 5.26 Å². The molecule has 0 heterocycles. The molecule has 0 aliphatic heterocycles. The number of hydrogen-bond acceptors (Lipinski definition) is 3. The van der Waals surface area contributed by atoms with Gasteiger partial charge in [0.2, 0.25) is 0 Å². The van der Waals surface area contributed by atoms with Crippen molar-refractivity contribution in [3.05, 3.63) is 59.7 Å². The maximum Gasteiger partial charge on any atom is 0.259 e. The molecule has 3 N–H and O–H groups in total. The molecule has 0 fully saturated rings. The van der Waals surface area contributed by atoms with E-state index in [9.17, 15) is 4.21 Å². The molecule has 0 aliphatic rings. The fraction of sp³-hybridized carbons (Fsp3) is 0.188. The van der Waals surface area contributed by atoms with Crippen molar-refractivity contribution in [3.8, 4) is 6.07 Å². The zero-order valence-electron chi connectivity index (χ0n) is 12.0. The first kappa shape index (κ1) is 16.0. The molecule has 0 saturated carbocycles. The normalized spacial score (nSPS) is 11.5. The molecule has 2 aromatic carbocycles. The smallest absolute Gasteiger partial charge is 0.259 e. The van der Waals surface area contributed by atoms with Gasteiger partial charge in [0.1, 0.15) is 0 Å². The van der Waals surface area contributed by atoms with E-state index >= 15 is 0 Å². The highest BCUT2D eigenvalue weighted by Gasteiger charge is 1.98. The Morgan fingerprint density at radius 1 is 1.05 bits per heavy atom. The van der Waals surface area contributed by atoms with Gasteiger partial charge in [0.15, 0.2) is 0 Å². The van der Waals surface area contributed by atoms with Crippen molar-refractivity contribution in [2.24, 2.45) is 0 Å². The molecule has 1 atom stereocenters. The largest absolute Gasteiger partial charge is 0.385 e. The monoisotopic (exact) mass is 315 g/mol. The molecule has 0 aliphatic carbocycles. The first-order chi connectivity index (χ1) is 10.7. The van der Waals surface area contributed by atoms with Crippen LogP contribution in [0.2, 0.25) is 0 Å². The highest BCUT2D eigenvalue weighted by Crippen LogP contribution is 2.14. The van der Waals surface area contributed by atoms with Crippen molar-refractivity contribution in [1.82, 2.24) is 0 Å². The first-order valence-corrected chi connectivity index (χ1v) is 7.98. The predicted molar refractivity (Wildman–Crippen MR) is 88.8 cm³/mol. The van der Waals surface area contributed by atoms with Gasteiger partial charge in [0, 0.05) is 17.9 Å². The van der Waals surface area contributed by atoms with Gasteiger partial charge in [0.05, 0.1) is 11.6 Å². The van der Waals surface area contributed by atoms with Crippen molar-refractivity contribution in [2.75, 3.05) is 16.6 Å². The van der Waals surface area contributed by atoms with Crippen LogP contribution in [0.25, 0.3) is 0 Å². The van der Waals surface area contributed by atoms with E-state index in [1.54, 1.807) is 12.1 Å². The second-order valence-electron chi connectivity index (χ2n) is 4.77. The van der Waals surface area contributed by atoms with E-state index in [0.717, 1.165) is 25.1 Å². The molecule has 0 spiro atoms. The van der Waals surface area contributed by atoms with Gasteiger partial charge in [-0.25, -0.2) is 4.21 Å². The van der Waals surface area contributed by atoms with E-state index in [4.69, 9.17) is 9.81 Å². The summed E-state index contributed by atoms with van der Waals surface area (Å²) in [6.07, 6.45) is 1.93. The van der Waals surface area contributed by atoms with Crippen molar-refractivity contribution >= 4 is 22.6 Å². The molecule has 2 rings (SSSR count). The van der Waals surface area contributed by atoms with E-state index in [1.165, 1.54) is 5.56 Å². The van der Waals surface area contributed by atoms with E-state index in [0.29, 0.717) is 11.3 Å².